The maximum Gasteiger partial charge on any atom is 0.344 e. The number of rotatable bonds is 9. The highest BCUT2D eigenvalue weighted by atomic mass is 32.2. The summed E-state index contributed by atoms with van der Waals surface area (Å²) in [6, 6.07) is 16.4. The number of esters is 1. The zero-order valence-electron chi connectivity index (χ0n) is 18.5. The van der Waals surface area contributed by atoms with Crippen molar-refractivity contribution in [1.29, 1.82) is 5.26 Å². The van der Waals surface area contributed by atoms with Crippen LogP contribution in [0.25, 0.3) is 21.6 Å². The van der Waals surface area contributed by atoms with E-state index in [0.717, 1.165) is 16.0 Å². The maximum atomic E-state index is 12.3. The first-order valence-electron chi connectivity index (χ1n) is 10.3. The highest BCUT2D eigenvalue weighted by molar-refractivity contribution is 7.93. The summed E-state index contributed by atoms with van der Waals surface area (Å²) < 4.78 is 37.6. The van der Waals surface area contributed by atoms with Gasteiger partial charge in [0.25, 0.3) is 0 Å². The molecule has 172 valence electrons. The molecule has 0 atom stereocenters. The van der Waals surface area contributed by atoms with Gasteiger partial charge in [-0.3, -0.25) is 4.72 Å². The lowest BCUT2D eigenvalue weighted by Gasteiger charge is -2.12. The van der Waals surface area contributed by atoms with Gasteiger partial charge in [-0.25, -0.2) is 13.2 Å². The van der Waals surface area contributed by atoms with E-state index >= 15 is 0 Å². The number of anilines is 1. The number of hydrogen-bond acceptors (Lipinski definition) is 7. The highest BCUT2D eigenvalue weighted by Gasteiger charge is 2.19. The van der Waals surface area contributed by atoms with Crippen LogP contribution < -0.4 is 9.46 Å². The van der Waals surface area contributed by atoms with Gasteiger partial charge in [0.15, 0.2) is 6.61 Å². The summed E-state index contributed by atoms with van der Waals surface area (Å²) in [5, 5.41) is 10.8. The third-order valence-corrected chi connectivity index (χ3v) is 7.48. The largest absolute Gasteiger partial charge is 0.482 e. The van der Waals surface area contributed by atoms with Gasteiger partial charge in [0, 0.05) is 5.56 Å². The Bertz CT molecular complexity index is 1270. The molecule has 0 aliphatic heterocycles. The molecule has 7 nitrogen and oxygen atoms in total. The van der Waals surface area contributed by atoms with Crippen LogP contribution in [0.4, 0.5) is 5.69 Å². The van der Waals surface area contributed by atoms with Crippen LogP contribution in [-0.4, -0.2) is 32.9 Å². The predicted octanol–water partition coefficient (Wildman–Crippen LogP) is 5.05. The number of sulfonamides is 1. The number of nitrogens with zero attached hydrogens (tertiary/aromatic N) is 1. The maximum absolute atomic E-state index is 12.3. The highest BCUT2D eigenvalue weighted by Crippen LogP contribution is 2.36. The van der Waals surface area contributed by atoms with Crippen molar-refractivity contribution in [3.8, 4) is 33.4 Å². The second-order valence-corrected chi connectivity index (χ2v) is 10.5. The molecule has 3 rings (SSSR count). The molecule has 0 saturated carbocycles. The van der Waals surface area contributed by atoms with E-state index < -0.39 is 21.2 Å². The van der Waals surface area contributed by atoms with Crippen molar-refractivity contribution in [3.05, 3.63) is 59.5 Å². The molecule has 1 heterocycles. The summed E-state index contributed by atoms with van der Waals surface area (Å²) in [6.45, 7) is 5.03. The Labute approximate surface area is 197 Å². The number of nitrogens with one attached hydrogen (secondary N) is 1. The fourth-order valence-electron chi connectivity index (χ4n) is 2.98. The summed E-state index contributed by atoms with van der Waals surface area (Å²) in [7, 11) is -3.46. The lowest BCUT2D eigenvalue weighted by atomic mass is 9.98. The first-order chi connectivity index (χ1) is 15.7. The molecule has 1 aromatic heterocycles. The van der Waals surface area contributed by atoms with E-state index in [-0.39, 0.29) is 13.2 Å². The van der Waals surface area contributed by atoms with Crippen LogP contribution in [0.15, 0.2) is 53.9 Å². The summed E-state index contributed by atoms with van der Waals surface area (Å²) in [5.74, 6) is -0.0163. The fraction of sp³-hybridized carbons (Fsp3) is 0.250. The second-order valence-electron chi connectivity index (χ2n) is 7.35. The summed E-state index contributed by atoms with van der Waals surface area (Å²) in [6.07, 6.45) is 0. The normalized spacial score (nSPS) is 11.1. The summed E-state index contributed by atoms with van der Waals surface area (Å²) in [4.78, 5) is 12.4. The van der Waals surface area contributed by atoms with Crippen molar-refractivity contribution in [1.82, 2.24) is 0 Å². The average Bonchev–Trinajstić information content (AvgIpc) is 3.25. The Morgan fingerprint density at radius 2 is 1.82 bits per heavy atom. The van der Waals surface area contributed by atoms with Crippen molar-refractivity contribution in [2.45, 2.75) is 26.0 Å². The van der Waals surface area contributed by atoms with Gasteiger partial charge in [-0.1, -0.05) is 24.3 Å². The monoisotopic (exact) mass is 484 g/mol. The number of benzene rings is 2. The van der Waals surface area contributed by atoms with Crippen LogP contribution >= 0.6 is 11.3 Å². The van der Waals surface area contributed by atoms with E-state index in [4.69, 9.17) is 9.47 Å². The van der Waals surface area contributed by atoms with Gasteiger partial charge in [-0.2, -0.15) is 5.26 Å². The number of ether oxygens (including phenoxy) is 2. The van der Waals surface area contributed by atoms with Gasteiger partial charge < -0.3 is 9.47 Å². The zero-order chi connectivity index (χ0) is 24.0. The minimum Gasteiger partial charge on any atom is -0.482 e. The van der Waals surface area contributed by atoms with Crippen LogP contribution in [0.5, 0.6) is 5.75 Å². The molecule has 2 aromatic carbocycles. The van der Waals surface area contributed by atoms with Gasteiger partial charge in [-0.05, 0) is 61.5 Å². The van der Waals surface area contributed by atoms with Crippen molar-refractivity contribution >= 4 is 33.0 Å². The van der Waals surface area contributed by atoms with E-state index in [1.165, 1.54) is 11.3 Å². The quantitative estimate of drug-likeness (QED) is 0.426. The van der Waals surface area contributed by atoms with Gasteiger partial charge in [0.1, 0.15) is 5.75 Å². The van der Waals surface area contributed by atoms with E-state index in [9.17, 15) is 18.5 Å². The number of hydrogen-bond donors (Lipinski definition) is 1. The van der Waals surface area contributed by atoms with Crippen LogP contribution in [0.2, 0.25) is 0 Å². The van der Waals surface area contributed by atoms with Crippen molar-refractivity contribution in [2.75, 3.05) is 17.9 Å². The standard InChI is InChI=1S/C24H24N2O5S2/c1-4-30-23(27)15-31-20-10-9-19(14-25)21(13-20)17-5-7-18(8-6-17)24-22(11-12-32-24)26-33(28,29)16(2)3/h5-13,16,26H,4,15H2,1-3H3. The van der Waals surface area contributed by atoms with Crippen molar-refractivity contribution in [2.24, 2.45) is 0 Å². The lowest BCUT2D eigenvalue weighted by molar-refractivity contribution is -0.145. The Morgan fingerprint density at radius 1 is 1.12 bits per heavy atom. The molecule has 33 heavy (non-hydrogen) atoms. The minimum absolute atomic E-state index is 0.217. The topological polar surface area (TPSA) is 105 Å². The Kier molecular flexibility index (Phi) is 7.74. The van der Waals surface area contributed by atoms with Gasteiger partial charge in [0.2, 0.25) is 10.0 Å². The fourth-order valence-corrected chi connectivity index (χ4v) is 4.62. The predicted molar refractivity (Wildman–Crippen MR) is 130 cm³/mol. The molecule has 0 bridgehead atoms. The molecule has 1 N–H and O–H groups in total. The first-order valence-corrected chi connectivity index (χ1v) is 12.7. The van der Waals surface area contributed by atoms with Crippen LogP contribution in [-0.2, 0) is 19.6 Å². The van der Waals surface area contributed by atoms with Crippen LogP contribution in [0.3, 0.4) is 0 Å². The molecule has 0 aliphatic rings. The average molecular weight is 485 g/mol. The molecule has 0 amide bonds. The third kappa shape index (κ3) is 5.92. The number of thiophene rings is 1. The van der Waals surface area contributed by atoms with Gasteiger partial charge >= 0.3 is 5.97 Å². The Hall–Kier alpha value is -3.35. The number of nitriles is 1. The second kappa shape index (κ2) is 10.5. The van der Waals surface area contributed by atoms with E-state index in [2.05, 4.69) is 10.8 Å². The molecule has 0 saturated heterocycles. The lowest BCUT2D eigenvalue weighted by Crippen LogP contribution is -2.22. The van der Waals surface area contributed by atoms with Crippen molar-refractivity contribution in [3.63, 3.8) is 0 Å². The van der Waals surface area contributed by atoms with Gasteiger partial charge in [0.05, 0.1) is 34.1 Å². The summed E-state index contributed by atoms with van der Waals surface area (Å²) in [5.41, 5.74) is 3.31. The van der Waals surface area contributed by atoms with Crippen LogP contribution in [0.1, 0.15) is 26.3 Å². The minimum atomic E-state index is -3.46. The smallest absolute Gasteiger partial charge is 0.344 e. The van der Waals surface area contributed by atoms with E-state index in [1.807, 2.05) is 29.6 Å². The first kappa shape index (κ1) is 24.3. The molecule has 9 heteroatoms. The molecule has 0 aliphatic carbocycles. The molecule has 0 radical (unpaired) electrons. The van der Waals surface area contributed by atoms with Gasteiger partial charge in [-0.15, -0.1) is 11.3 Å². The molecule has 3 aromatic rings. The molecular formula is C24H24N2O5S2. The van der Waals surface area contributed by atoms with E-state index in [1.54, 1.807) is 45.0 Å². The van der Waals surface area contributed by atoms with E-state index in [0.29, 0.717) is 22.6 Å². The Balaban J connectivity index is 1.86. The number of carbonyl (C=O) groups excluding carboxylic acids is 1. The SMILES string of the molecule is CCOC(=O)COc1ccc(C#N)c(-c2ccc(-c3sccc3NS(=O)(=O)C(C)C)cc2)c1. The number of carbonyl (C=O) groups is 1. The zero-order valence-corrected chi connectivity index (χ0v) is 20.1. The molecule has 0 spiro atoms. The summed E-state index contributed by atoms with van der Waals surface area (Å²) >= 11 is 1.44. The van der Waals surface area contributed by atoms with Crippen LogP contribution in [0, 0.1) is 11.3 Å². The van der Waals surface area contributed by atoms with Crippen molar-refractivity contribution < 1.29 is 22.7 Å². The molecule has 0 unspecified atom stereocenters. The molecular weight excluding hydrogens is 460 g/mol. The Morgan fingerprint density at radius 3 is 2.45 bits per heavy atom. The molecule has 0 fully saturated rings. The third-order valence-electron chi connectivity index (χ3n) is 4.77.